The van der Waals surface area contributed by atoms with Crippen LogP contribution in [0.5, 0.6) is 0 Å². The number of nitrogens with one attached hydrogen (secondary N) is 2. The first kappa shape index (κ1) is 16.7. The molecule has 0 aliphatic carbocycles. The lowest BCUT2D eigenvalue weighted by atomic mass is 10.2. The van der Waals surface area contributed by atoms with Gasteiger partial charge in [0, 0.05) is 30.2 Å². The minimum atomic E-state index is -0.219. The summed E-state index contributed by atoms with van der Waals surface area (Å²) in [4.78, 5) is 23.6. The Morgan fingerprint density at radius 2 is 1.91 bits per heavy atom. The molecule has 1 aromatic carbocycles. The largest absolute Gasteiger partial charge is 0.381 e. The Balaban J connectivity index is 1.85. The van der Waals surface area contributed by atoms with Gasteiger partial charge in [-0.25, -0.2) is 4.68 Å². The Kier molecular flexibility index (Phi) is 5.73. The van der Waals surface area contributed by atoms with Crippen molar-refractivity contribution in [2.75, 3.05) is 18.4 Å². The standard InChI is InChI=1S/C14H14Br2N4O2/c1-20-14(22)12(16)11(8-19-20)17-6-7-18-13(21)9-2-4-10(15)5-3-9/h2-5,8,17H,6-7H2,1H3,(H,18,21). The van der Waals surface area contributed by atoms with Gasteiger partial charge in [0.05, 0.1) is 11.9 Å². The third-order valence-electron chi connectivity index (χ3n) is 2.91. The number of carbonyl (C=O) groups excluding carboxylic acids is 1. The van der Waals surface area contributed by atoms with E-state index in [4.69, 9.17) is 0 Å². The summed E-state index contributed by atoms with van der Waals surface area (Å²) in [6, 6.07) is 7.12. The van der Waals surface area contributed by atoms with E-state index in [0.29, 0.717) is 28.8 Å². The predicted octanol–water partition coefficient (Wildman–Crippen LogP) is 2.15. The second-order valence-electron chi connectivity index (χ2n) is 4.49. The lowest BCUT2D eigenvalue weighted by Gasteiger charge is -2.09. The molecule has 8 heteroatoms. The molecule has 1 heterocycles. The average Bonchev–Trinajstić information content (AvgIpc) is 2.51. The molecule has 1 aromatic heterocycles. The molecule has 0 spiro atoms. The van der Waals surface area contributed by atoms with Crippen LogP contribution in [0.3, 0.4) is 0 Å². The molecule has 0 saturated carbocycles. The van der Waals surface area contributed by atoms with Gasteiger partial charge in [0.15, 0.2) is 0 Å². The number of hydrogen-bond donors (Lipinski definition) is 2. The maximum absolute atomic E-state index is 11.9. The SMILES string of the molecule is Cn1ncc(NCCNC(=O)c2ccc(Br)cc2)c(Br)c1=O. The van der Waals surface area contributed by atoms with Crippen molar-refractivity contribution in [1.82, 2.24) is 15.1 Å². The van der Waals surface area contributed by atoms with Gasteiger partial charge in [-0.3, -0.25) is 9.59 Å². The van der Waals surface area contributed by atoms with Gasteiger partial charge in [-0.2, -0.15) is 5.10 Å². The zero-order chi connectivity index (χ0) is 16.1. The molecule has 6 nitrogen and oxygen atoms in total. The van der Waals surface area contributed by atoms with Gasteiger partial charge in [-0.05, 0) is 40.2 Å². The highest BCUT2D eigenvalue weighted by Crippen LogP contribution is 2.15. The van der Waals surface area contributed by atoms with Gasteiger partial charge in [0.2, 0.25) is 0 Å². The molecule has 22 heavy (non-hydrogen) atoms. The van der Waals surface area contributed by atoms with Crippen LogP contribution in [0.4, 0.5) is 5.69 Å². The van der Waals surface area contributed by atoms with Crippen LogP contribution in [0.25, 0.3) is 0 Å². The highest BCUT2D eigenvalue weighted by Gasteiger charge is 2.07. The lowest BCUT2D eigenvalue weighted by Crippen LogP contribution is -2.29. The van der Waals surface area contributed by atoms with Crippen LogP contribution in [0.1, 0.15) is 10.4 Å². The Bertz CT molecular complexity index is 729. The van der Waals surface area contributed by atoms with Crippen LogP contribution in [0.15, 0.2) is 44.2 Å². The summed E-state index contributed by atoms with van der Waals surface area (Å²) in [5, 5.41) is 9.78. The van der Waals surface area contributed by atoms with Crippen molar-refractivity contribution >= 4 is 43.5 Å². The molecule has 2 aromatic rings. The number of benzene rings is 1. The molecule has 116 valence electrons. The van der Waals surface area contributed by atoms with Gasteiger partial charge in [0.1, 0.15) is 4.47 Å². The fourth-order valence-corrected chi connectivity index (χ4v) is 2.47. The van der Waals surface area contributed by atoms with Crippen LogP contribution in [-0.2, 0) is 7.05 Å². The van der Waals surface area contributed by atoms with E-state index in [0.717, 1.165) is 4.47 Å². The first-order valence-electron chi connectivity index (χ1n) is 6.48. The van der Waals surface area contributed by atoms with Crippen molar-refractivity contribution in [1.29, 1.82) is 0 Å². The predicted molar refractivity (Wildman–Crippen MR) is 92.1 cm³/mol. The molecule has 0 fully saturated rings. The third-order valence-corrected chi connectivity index (χ3v) is 4.21. The molecule has 2 rings (SSSR count). The molecule has 0 aliphatic rings. The van der Waals surface area contributed by atoms with E-state index in [9.17, 15) is 9.59 Å². The van der Waals surface area contributed by atoms with Crippen molar-refractivity contribution in [2.45, 2.75) is 0 Å². The number of amides is 1. The molecule has 0 unspecified atom stereocenters. The summed E-state index contributed by atoms with van der Waals surface area (Å²) in [5.74, 6) is -0.143. The maximum Gasteiger partial charge on any atom is 0.282 e. The van der Waals surface area contributed by atoms with Gasteiger partial charge in [-0.1, -0.05) is 15.9 Å². The number of halogens is 2. The number of hydrogen-bond acceptors (Lipinski definition) is 4. The number of nitrogens with zero attached hydrogens (tertiary/aromatic N) is 2. The summed E-state index contributed by atoms with van der Waals surface area (Å²) in [6.45, 7) is 0.909. The highest BCUT2D eigenvalue weighted by molar-refractivity contribution is 9.10. The maximum atomic E-state index is 11.9. The summed E-state index contributed by atoms with van der Waals surface area (Å²) in [6.07, 6.45) is 1.56. The van der Waals surface area contributed by atoms with E-state index < -0.39 is 0 Å². The number of rotatable bonds is 5. The van der Waals surface area contributed by atoms with E-state index in [-0.39, 0.29) is 11.5 Å². The average molecular weight is 430 g/mol. The van der Waals surface area contributed by atoms with Crippen LogP contribution in [0, 0.1) is 0 Å². The molecule has 0 radical (unpaired) electrons. The molecule has 0 atom stereocenters. The minimum Gasteiger partial charge on any atom is -0.381 e. The van der Waals surface area contributed by atoms with Crippen LogP contribution in [-0.4, -0.2) is 28.8 Å². The Hall–Kier alpha value is -1.67. The summed E-state index contributed by atoms with van der Waals surface area (Å²) < 4.78 is 2.59. The van der Waals surface area contributed by atoms with Crippen molar-refractivity contribution in [3.8, 4) is 0 Å². The summed E-state index contributed by atoms with van der Waals surface area (Å²) in [7, 11) is 1.58. The van der Waals surface area contributed by atoms with Gasteiger partial charge in [0.25, 0.3) is 11.5 Å². The number of anilines is 1. The van der Waals surface area contributed by atoms with E-state index in [2.05, 4.69) is 47.6 Å². The zero-order valence-corrected chi connectivity index (χ0v) is 14.9. The second kappa shape index (κ2) is 7.55. The van der Waals surface area contributed by atoms with Crippen molar-refractivity contribution < 1.29 is 4.79 Å². The molecule has 2 N–H and O–H groups in total. The van der Waals surface area contributed by atoms with Crippen molar-refractivity contribution in [2.24, 2.45) is 7.05 Å². The van der Waals surface area contributed by atoms with E-state index in [1.165, 1.54) is 4.68 Å². The van der Waals surface area contributed by atoms with Crippen LogP contribution >= 0.6 is 31.9 Å². The number of aromatic nitrogens is 2. The Morgan fingerprint density at radius 1 is 1.23 bits per heavy atom. The molecule has 0 saturated heterocycles. The van der Waals surface area contributed by atoms with Crippen LogP contribution < -0.4 is 16.2 Å². The topological polar surface area (TPSA) is 76.0 Å². The van der Waals surface area contributed by atoms with E-state index in [1.54, 1.807) is 25.4 Å². The molecule has 1 amide bonds. The first-order chi connectivity index (χ1) is 10.5. The quantitative estimate of drug-likeness (QED) is 0.714. The molecular formula is C14H14Br2N4O2. The Morgan fingerprint density at radius 3 is 2.59 bits per heavy atom. The number of carbonyl (C=O) groups is 1. The lowest BCUT2D eigenvalue weighted by molar-refractivity contribution is 0.0955. The van der Waals surface area contributed by atoms with Gasteiger partial charge < -0.3 is 10.6 Å². The molecule has 0 aliphatic heterocycles. The van der Waals surface area contributed by atoms with Crippen molar-refractivity contribution in [3.63, 3.8) is 0 Å². The smallest absolute Gasteiger partial charge is 0.282 e. The fraction of sp³-hybridized carbons (Fsp3) is 0.214. The second-order valence-corrected chi connectivity index (χ2v) is 6.20. The third kappa shape index (κ3) is 4.17. The Labute approximate surface area is 144 Å². The minimum absolute atomic E-state index is 0.143. The highest BCUT2D eigenvalue weighted by atomic mass is 79.9. The van der Waals surface area contributed by atoms with Crippen molar-refractivity contribution in [3.05, 3.63) is 55.3 Å². The normalized spacial score (nSPS) is 10.3. The zero-order valence-electron chi connectivity index (χ0n) is 11.8. The van der Waals surface area contributed by atoms with E-state index >= 15 is 0 Å². The number of aryl methyl sites for hydroxylation is 1. The summed E-state index contributed by atoms with van der Waals surface area (Å²) >= 11 is 6.55. The molecular weight excluding hydrogens is 416 g/mol. The van der Waals surface area contributed by atoms with Crippen LogP contribution in [0.2, 0.25) is 0 Å². The molecule has 0 bridgehead atoms. The van der Waals surface area contributed by atoms with E-state index in [1.807, 2.05) is 12.1 Å². The monoisotopic (exact) mass is 428 g/mol. The van der Waals surface area contributed by atoms with Gasteiger partial charge in [-0.15, -0.1) is 0 Å². The first-order valence-corrected chi connectivity index (χ1v) is 8.07. The fourth-order valence-electron chi connectivity index (χ4n) is 1.71. The summed E-state index contributed by atoms with van der Waals surface area (Å²) in [5.41, 5.74) is 0.976. The van der Waals surface area contributed by atoms with Gasteiger partial charge >= 0.3 is 0 Å².